The summed E-state index contributed by atoms with van der Waals surface area (Å²) in [7, 11) is 1.54. The number of alkyl halides is 2. The van der Waals surface area contributed by atoms with E-state index < -0.39 is 5.92 Å². The molecule has 34 heavy (non-hydrogen) atoms. The Hall–Kier alpha value is -2.65. The highest BCUT2D eigenvalue weighted by Gasteiger charge is 2.45. The van der Waals surface area contributed by atoms with E-state index in [1.54, 1.807) is 11.7 Å². The van der Waals surface area contributed by atoms with Gasteiger partial charge >= 0.3 is 0 Å². The molecule has 2 fully saturated rings. The van der Waals surface area contributed by atoms with Crippen LogP contribution in [0, 0.1) is 12.8 Å². The quantitative estimate of drug-likeness (QED) is 0.607. The Balaban J connectivity index is 1.41. The summed E-state index contributed by atoms with van der Waals surface area (Å²) in [5, 5.41) is 0. The normalized spacial score (nSPS) is 21.2. The second-order valence-electron chi connectivity index (χ2n) is 9.20. The number of methoxy groups -OCH3 is 1. The van der Waals surface area contributed by atoms with E-state index in [1.807, 2.05) is 19.1 Å². The largest absolute Gasteiger partial charge is 0.493 e. The molecule has 2 aliphatic heterocycles. The predicted molar refractivity (Wildman–Crippen MR) is 120 cm³/mol. The van der Waals surface area contributed by atoms with Crippen molar-refractivity contribution in [2.45, 2.75) is 44.8 Å². The first-order valence-electron chi connectivity index (χ1n) is 11.6. The van der Waals surface area contributed by atoms with Gasteiger partial charge in [0.2, 0.25) is 5.92 Å². The standard InChI is InChI=1S/C25H29F2NO6/c1-15-20(34-14-18-13-31-5-6-32-18)9-23(29)28-4-3-17-7-22(21(30-2)8-19(17)24(15)28)33-12-16-10-25(26,27)11-16/h7-9,16,18H,3-6,10-14H2,1-2H3/t18-/m0/s1. The lowest BCUT2D eigenvalue weighted by molar-refractivity contribution is -0.119. The summed E-state index contributed by atoms with van der Waals surface area (Å²) in [6, 6.07) is 5.29. The van der Waals surface area contributed by atoms with Crippen LogP contribution in [-0.2, 0) is 22.4 Å². The minimum absolute atomic E-state index is 0.132. The van der Waals surface area contributed by atoms with Crippen LogP contribution in [-0.4, -0.2) is 56.7 Å². The minimum atomic E-state index is -2.57. The highest BCUT2D eigenvalue weighted by molar-refractivity contribution is 5.74. The molecule has 1 aliphatic carbocycles. The summed E-state index contributed by atoms with van der Waals surface area (Å²) in [5.74, 6) is -1.17. The zero-order valence-electron chi connectivity index (χ0n) is 19.4. The third-order valence-corrected chi connectivity index (χ3v) is 6.72. The van der Waals surface area contributed by atoms with Crippen LogP contribution in [0.1, 0.15) is 24.0 Å². The van der Waals surface area contributed by atoms with Crippen LogP contribution in [0.5, 0.6) is 17.2 Å². The molecule has 1 atom stereocenters. The van der Waals surface area contributed by atoms with Gasteiger partial charge in [-0.25, -0.2) is 8.78 Å². The maximum atomic E-state index is 13.2. The van der Waals surface area contributed by atoms with Gasteiger partial charge in [0.25, 0.3) is 5.56 Å². The number of hydrogen-bond acceptors (Lipinski definition) is 6. The van der Waals surface area contributed by atoms with E-state index in [9.17, 15) is 13.6 Å². The Morgan fingerprint density at radius 1 is 1.09 bits per heavy atom. The molecule has 0 amide bonds. The Labute approximate surface area is 196 Å². The molecule has 9 heteroatoms. The summed E-state index contributed by atoms with van der Waals surface area (Å²) in [6.45, 7) is 4.56. The highest BCUT2D eigenvalue weighted by atomic mass is 19.3. The van der Waals surface area contributed by atoms with Gasteiger partial charge < -0.3 is 28.3 Å². The van der Waals surface area contributed by atoms with Crippen molar-refractivity contribution < 1.29 is 32.5 Å². The molecule has 5 rings (SSSR count). The Kier molecular flexibility index (Phi) is 6.24. The number of nitrogens with zero attached hydrogens (tertiary/aromatic N) is 1. The molecule has 1 aromatic heterocycles. The number of aromatic nitrogens is 1. The van der Waals surface area contributed by atoms with Gasteiger partial charge in [0.15, 0.2) is 11.5 Å². The fourth-order valence-electron chi connectivity index (χ4n) is 4.91. The summed E-state index contributed by atoms with van der Waals surface area (Å²) < 4.78 is 56.6. The van der Waals surface area contributed by atoms with E-state index in [-0.39, 0.29) is 37.0 Å². The summed E-state index contributed by atoms with van der Waals surface area (Å²) in [4.78, 5) is 12.9. The summed E-state index contributed by atoms with van der Waals surface area (Å²) in [5.41, 5.74) is 3.39. The molecule has 7 nitrogen and oxygen atoms in total. The smallest absolute Gasteiger partial charge is 0.254 e. The maximum Gasteiger partial charge on any atom is 0.254 e. The van der Waals surface area contributed by atoms with Crippen molar-refractivity contribution in [2.75, 3.05) is 40.1 Å². The third-order valence-electron chi connectivity index (χ3n) is 6.72. The molecule has 2 aromatic rings. The van der Waals surface area contributed by atoms with E-state index in [4.69, 9.17) is 23.7 Å². The van der Waals surface area contributed by atoms with Crippen LogP contribution in [0.4, 0.5) is 8.78 Å². The zero-order valence-corrected chi connectivity index (χ0v) is 19.4. The van der Waals surface area contributed by atoms with Crippen LogP contribution in [0.3, 0.4) is 0 Å². The van der Waals surface area contributed by atoms with E-state index >= 15 is 0 Å². The Morgan fingerprint density at radius 3 is 2.59 bits per heavy atom. The molecule has 0 N–H and O–H groups in total. The van der Waals surface area contributed by atoms with Gasteiger partial charge in [0.1, 0.15) is 18.5 Å². The van der Waals surface area contributed by atoms with Crippen molar-refractivity contribution in [2.24, 2.45) is 5.92 Å². The molecule has 1 saturated heterocycles. The van der Waals surface area contributed by atoms with Gasteiger partial charge in [-0.3, -0.25) is 4.79 Å². The van der Waals surface area contributed by atoms with Crippen LogP contribution in [0.15, 0.2) is 23.0 Å². The average molecular weight is 478 g/mol. The number of pyridine rings is 1. The van der Waals surface area contributed by atoms with Crippen molar-refractivity contribution >= 4 is 0 Å². The Morgan fingerprint density at radius 2 is 1.88 bits per heavy atom. The number of benzene rings is 1. The highest BCUT2D eigenvalue weighted by Crippen LogP contribution is 2.44. The average Bonchev–Trinajstić information content (AvgIpc) is 2.82. The SMILES string of the molecule is COc1cc2c(cc1OCC1CC(F)(F)C1)CCn1c-2c(C)c(OC[C@@H]2COCCO2)cc1=O. The van der Waals surface area contributed by atoms with Crippen LogP contribution < -0.4 is 19.8 Å². The Bertz CT molecular complexity index is 1120. The molecule has 0 unspecified atom stereocenters. The van der Waals surface area contributed by atoms with E-state index in [0.717, 1.165) is 22.4 Å². The predicted octanol–water partition coefficient (Wildman–Crippen LogP) is 3.61. The molecule has 0 radical (unpaired) electrons. The van der Waals surface area contributed by atoms with Crippen molar-refractivity contribution in [3.8, 4) is 28.5 Å². The van der Waals surface area contributed by atoms with E-state index in [0.29, 0.717) is 56.6 Å². The van der Waals surface area contributed by atoms with Gasteiger partial charge in [-0.1, -0.05) is 0 Å². The minimum Gasteiger partial charge on any atom is -0.493 e. The molecule has 184 valence electrons. The molecule has 3 heterocycles. The fourth-order valence-corrected chi connectivity index (χ4v) is 4.91. The number of hydrogen-bond donors (Lipinski definition) is 0. The van der Waals surface area contributed by atoms with Gasteiger partial charge in [-0.05, 0) is 31.0 Å². The number of rotatable bonds is 7. The first kappa shape index (κ1) is 23.1. The molecular weight excluding hydrogens is 448 g/mol. The van der Waals surface area contributed by atoms with Crippen molar-refractivity contribution in [1.82, 2.24) is 4.57 Å². The first-order valence-corrected chi connectivity index (χ1v) is 11.6. The number of ether oxygens (including phenoxy) is 5. The van der Waals surface area contributed by atoms with Crippen LogP contribution in [0.2, 0.25) is 0 Å². The lowest BCUT2D eigenvalue weighted by atomic mass is 9.82. The molecule has 0 bridgehead atoms. The molecular formula is C25H29F2NO6. The second-order valence-corrected chi connectivity index (χ2v) is 9.20. The number of fused-ring (bicyclic) bond motifs is 3. The number of aryl methyl sites for hydroxylation is 1. The van der Waals surface area contributed by atoms with E-state index in [2.05, 4.69) is 0 Å². The first-order chi connectivity index (χ1) is 16.3. The van der Waals surface area contributed by atoms with Gasteiger partial charge in [0.05, 0.1) is 39.2 Å². The second kappa shape index (κ2) is 9.19. The van der Waals surface area contributed by atoms with Crippen LogP contribution >= 0.6 is 0 Å². The summed E-state index contributed by atoms with van der Waals surface area (Å²) in [6.07, 6.45) is 0.194. The van der Waals surface area contributed by atoms with Gasteiger partial charge in [0, 0.05) is 42.5 Å². The maximum absolute atomic E-state index is 13.2. The van der Waals surface area contributed by atoms with Crippen molar-refractivity contribution in [1.29, 1.82) is 0 Å². The number of halogens is 2. The van der Waals surface area contributed by atoms with Gasteiger partial charge in [-0.2, -0.15) is 0 Å². The fraction of sp³-hybridized carbons (Fsp3) is 0.560. The molecule has 0 spiro atoms. The zero-order chi connectivity index (χ0) is 23.9. The van der Waals surface area contributed by atoms with Gasteiger partial charge in [-0.15, -0.1) is 0 Å². The monoisotopic (exact) mass is 477 g/mol. The van der Waals surface area contributed by atoms with Crippen molar-refractivity contribution in [3.63, 3.8) is 0 Å². The molecule has 1 saturated carbocycles. The van der Waals surface area contributed by atoms with Crippen molar-refractivity contribution in [3.05, 3.63) is 39.7 Å². The molecule has 3 aliphatic rings. The van der Waals surface area contributed by atoms with Crippen LogP contribution in [0.25, 0.3) is 11.3 Å². The lowest BCUT2D eigenvalue weighted by Gasteiger charge is -2.34. The van der Waals surface area contributed by atoms with E-state index in [1.165, 1.54) is 6.07 Å². The lowest BCUT2D eigenvalue weighted by Crippen LogP contribution is -2.38. The third kappa shape index (κ3) is 4.51. The summed E-state index contributed by atoms with van der Waals surface area (Å²) >= 11 is 0. The molecule has 1 aromatic carbocycles. The topological polar surface area (TPSA) is 68.2 Å².